The third-order valence-electron chi connectivity index (χ3n) is 2.04. The van der Waals surface area contributed by atoms with Crippen LogP contribution in [0.2, 0.25) is 0 Å². The van der Waals surface area contributed by atoms with Crippen LogP contribution in [-0.4, -0.2) is 18.9 Å². The van der Waals surface area contributed by atoms with Gasteiger partial charge in [-0.3, -0.25) is 4.79 Å². The first-order chi connectivity index (χ1) is 8.27. The van der Waals surface area contributed by atoms with E-state index in [0.717, 1.165) is 11.1 Å². The summed E-state index contributed by atoms with van der Waals surface area (Å²) in [4.78, 5) is 21.4. The molecule has 0 bridgehead atoms. The molecule has 3 nitrogen and oxygen atoms in total. The second kappa shape index (κ2) is 7.17. The molecule has 0 fully saturated rings. The minimum absolute atomic E-state index is 0.357. The lowest BCUT2D eigenvalue weighted by Gasteiger charge is -2.00. The van der Waals surface area contributed by atoms with Gasteiger partial charge in [-0.05, 0) is 30.2 Å². The maximum atomic E-state index is 11.2. The normalized spacial score (nSPS) is 10.9. The summed E-state index contributed by atoms with van der Waals surface area (Å²) in [6.45, 7) is 2.11. The number of allylic oxidation sites excluding steroid dienone is 1. The zero-order valence-corrected chi connectivity index (χ0v) is 9.63. The summed E-state index contributed by atoms with van der Waals surface area (Å²) in [5.41, 5.74) is 1.74. The van der Waals surface area contributed by atoms with Gasteiger partial charge >= 0.3 is 5.97 Å². The van der Waals surface area contributed by atoms with E-state index < -0.39 is 0 Å². The Morgan fingerprint density at radius 1 is 1.24 bits per heavy atom. The lowest BCUT2D eigenvalue weighted by molar-refractivity contribution is -0.137. The molecule has 0 aliphatic heterocycles. The van der Waals surface area contributed by atoms with Gasteiger partial charge in [-0.15, -0.1) is 0 Å². The predicted octanol–water partition coefficient (Wildman–Crippen LogP) is 2.48. The molecule has 0 spiro atoms. The topological polar surface area (TPSA) is 43.4 Å². The molecule has 0 atom stereocenters. The van der Waals surface area contributed by atoms with Crippen LogP contribution in [0.5, 0.6) is 0 Å². The molecule has 0 aliphatic rings. The van der Waals surface area contributed by atoms with Crippen LogP contribution in [0.4, 0.5) is 0 Å². The molecule has 17 heavy (non-hydrogen) atoms. The highest BCUT2D eigenvalue weighted by Crippen LogP contribution is 2.12. The van der Waals surface area contributed by atoms with Crippen molar-refractivity contribution in [3.8, 4) is 0 Å². The molecule has 1 aromatic carbocycles. The zero-order chi connectivity index (χ0) is 12.5. The Bertz CT molecular complexity index is 445. The van der Waals surface area contributed by atoms with Gasteiger partial charge in [0.05, 0.1) is 6.61 Å². The van der Waals surface area contributed by atoms with E-state index in [2.05, 4.69) is 0 Å². The molecular weight excluding hydrogens is 216 g/mol. The zero-order valence-electron chi connectivity index (χ0n) is 9.63. The summed E-state index contributed by atoms with van der Waals surface area (Å²) in [5.74, 6) is -0.373. The summed E-state index contributed by atoms with van der Waals surface area (Å²) in [5, 5.41) is 0. The maximum Gasteiger partial charge on any atom is 0.330 e. The largest absolute Gasteiger partial charge is 0.463 e. The van der Waals surface area contributed by atoms with Gasteiger partial charge in [0, 0.05) is 6.08 Å². The standard InChI is InChI=1S/C14H14O3/c1-2-17-14(16)10-9-13-7-4-3-6-12(13)8-5-11-15/h3-11H,2H2,1H3/b8-5+,10-9+. The Kier molecular flexibility index (Phi) is 5.44. The molecule has 0 aliphatic carbocycles. The van der Waals surface area contributed by atoms with Gasteiger partial charge in [-0.1, -0.05) is 30.3 Å². The number of esters is 1. The molecule has 0 saturated heterocycles. The molecule has 0 amide bonds. The molecule has 0 saturated carbocycles. The fourth-order valence-corrected chi connectivity index (χ4v) is 1.31. The highest BCUT2D eigenvalue weighted by molar-refractivity contribution is 5.88. The number of hydrogen-bond acceptors (Lipinski definition) is 3. The molecule has 0 radical (unpaired) electrons. The third-order valence-corrected chi connectivity index (χ3v) is 2.04. The maximum absolute atomic E-state index is 11.2. The van der Waals surface area contributed by atoms with E-state index >= 15 is 0 Å². The molecule has 1 rings (SSSR count). The predicted molar refractivity (Wildman–Crippen MR) is 67.2 cm³/mol. The molecule has 0 N–H and O–H groups in total. The van der Waals surface area contributed by atoms with Gasteiger partial charge < -0.3 is 4.74 Å². The molecule has 0 aromatic heterocycles. The van der Waals surface area contributed by atoms with Crippen LogP contribution in [0, 0.1) is 0 Å². The number of carbonyl (C=O) groups excluding carboxylic acids is 2. The van der Waals surface area contributed by atoms with Crippen LogP contribution in [0.15, 0.2) is 36.4 Å². The summed E-state index contributed by atoms with van der Waals surface area (Å²) in [6, 6.07) is 7.46. The summed E-state index contributed by atoms with van der Waals surface area (Å²) in [7, 11) is 0. The molecular formula is C14H14O3. The van der Waals surface area contributed by atoms with Crippen LogP contribution in [0.1, 0.15) is 18.1 Å². The van der Waals surface area contributed by atoms with Crippen molar-refractivity contribution in [3.63, 3.8) is 0 Å². The van der Waals surface area contributed by atoms with E-state index in [1.807, 2.05) is 24.3 Å². The van der Waals surface area contributed by atoms with Crippen LogP contribution in [0.3, 0.4) is 0 Å². The van der Waals surface area contributed by atoms with Crippen molar-refractivity contribution in [1.82, 2.24) is 0 Å². The number of carbonyl (C=O) groups is 2. The van der Waals surface area contributed by atoms with E-state index in [9.17, 15) is 9.59 Å². The Hall–Kier alpha value is -2.16. The minimum Gasteiger partial charge on any atom is -0.463 e. The van der Waals surface area contributed by atoms with Crippen molar-refractivity contribution < 1.29 is 14.3 Å². The Morgan fingerprint density at radius 2 is 1.88 bits per heavy atom. The quantitative estimate of drug-likeness (QED) is 0.443. The SMILES string of the molecule is CCOC(=O)/C=C/c1ccccc1/C=C/C=O. The average Bonchev–Trinajstić information content (AvgIpc) is 2.35. The third kappa shape index (κ3) is 4.47. The van der Waals surface area contributed by atoms with E-state index in [0.29, 0.717) is 12.9 Å². The van der Waals surface area contributed by atoms with E-state index in [1.54, 1.807) is 19.1 Å². The fourth-order valence-electron chi connectivity index (χ4n) is 1.31. The van der Waals surface area contributed by atoms with E-state index in [4.69, 9.17) is 4.74 Å². The van der Waals surface area contributed by atoms with Gasteiger partial charge in [0.15, 0.2) is 0 Å². The molecule has 3 heteroatoms. The molecule has 0 unspecified atom stereocenters. The Balaban J connectivity index is 2.86. The summed E-state index contributed by atoms with van der Waals surface area (Å²) >= 11 is 0. The van der Waals surface area contributed by atoms with E-state index in [1.165, 1.54) is 12.2 Å². The number of ether oxygens (including phenoxy) is 1. The van der Waals surface area contributed by atoms with Gasteiger partial charge in [-0.2, -0.15) is 0 Å². The lowest BCUT2D eigenvalue weighted by Crippen LogP contribution is -1.98. The van der Waals surface area contributed by atoms with E-state index in [-0.39, 0.29) is 5.97 Å². The van der Waals surface area contributed by atoms with Gasteiger partial charge in [0.1, 0.15) is 6.29 Å². The molecule has 88 valence electrons. The highest BCUT2D eigenvalue weighted by Gasteiger charge is 1.97. The number of benzene rings is 1. The lowest BCUT2D eigenvalue weighted by atomic mass is 10.1. The van der Waals surface area contributed by atoms with Crippen molar-refractivity contribution >= 4 is 24.4 Å². The average molecular weight is 230 g/mol. The van der Waals surface area contributed by atoms with Gasteiger partial charge in [-0.25, -0.2) is 4.79 Å². The van der Waals surface area contributed by atoms with Crippen LogP contribution in [-0.2, 0) is 14.3 Å². The van der Waals surface area contributed by atoms with Crippen molar-refractivity contribution in [2.24, 2.45) is 0 Å². The fraction of sp³-hybridized carbons (Fsp3) is 0.143. The van der Waals surface area contributed by atoms with Crippen molar-refractivity contribution in [2.75, 3.05) is 6.61 Å². The van der Waals surface area contributed by atoms with Gasteiger partial charge in [0.2, 0.25) is 0 Å². The minimum atomic E-state index is -0.373. The summed E-state index contributed by atoms with van der Waals surface area (Å²) in [6.07, 6.45) is 6.86. The van der Waals surface area contributed by atoms with Crippen LogP contribution < -0.4 is 0 Å². The van der Waals surface area contributed by atoms with Crippen molar-refractivity contribution in [1.29, 1.82) is 0 Å². The number of rotatable bonds is 5. The monoisotopic (exact) mass is 230 g/mol. The highest BCUT2D eigenvalue weighted by atomic mass is 16.5. The second-order valence-corrected chi connectivity index (χ2v) is 3.21. The second-order valence-electron chi connectivity index (χ2n) is 3.21. The summed E-state index contributed by atoms with van der Waals surface area (Å²) < 4.78 is 4.78. The first-order valence-electron chi connectivity index (χ1n) is 5.33. The van der Waals surface area contributed by atoms with Crippen molar-refractivity contribution in [2.45, 2.75) is 6.92 Å². The first kappa shape index (κ1) is 12.9. The number of hydrogen-bond donors (Lipinski definition) is 0. The number of aldehydes is 1. The molecule has 1 aromatic rings. The molecule has 0 heterocycles. The van der Waals surface area contributed by atoms with Gasteiger partial charge in [0.25, 0.3) is 0 Å². The Labute approximate surface area is 100 Å². The smallest absolute Gasteiger partial charge is 0.330 e. The van der Waals surface area contributed by atoms with Crippen molar-refractivity contribution in [3.05, 3.63) is 47.5 Å². The first-order valence-corrected chi connectivity index (χ1v) is 5.33. The van der Waals surface area contributed by atoms with Crippen LogP contribution >= 0.6 is 0 Å². The van der Waals surface area contributed by atoms with Crippen LogP contribution in [0.25, 0.3) is 12.2 Å². The Morgan fingerprint density at radius 3 is 2.47 bits per heavy atom.